The molecule has 0 radical (unpaired) electrons. The largest absolute Gasteiger partial charge is 0.478 e. The first-order valence-corrected chi connectivity index (χ1v) is 7.22. The summed E-state index contributed by atoms with van der Waals surface area (Å²) < 4.78 is 0. The van der Waals surface area contributed by atoms with E-state index in [4.69, 9.17) is 5.11 Å². The molecule has 21 heavy (non-hydrogen) atoms. The van der Waals surface area contributed by atoms with Gasteiger partial charge in [-0.15, -0.1) is 11.3 Å². The minimum Gasteiger partial charge on any atom is -0.478 e. The smallest absolute Gasteiger partial charge is 0.337 e. The fraction of sp³-hybridized carbons (Fsp3) is 0.286. The summed E-state index contributed by atoms with van der Waals surface area (Å²) in [5, 5.41) is 12.2. The predicted molar refractivity (Wildman–Crippen MR) is 80.1 cm³/mol. The molecule has 0 aromatic carbocycles. The molecule has 2 N–H and O–H groups in total. The van der Waals surface area contributed by atoms with E-state index in [2.05, 4.69) is 15.3 Å². The summed E-state index contributed by atoms with van der Waals surface area (Å²) in [5.74, 6) is -1.46. The van der Waals surface area contributed by atoms with Gasteiger partial charge in [0.1, 0.15) is 5.69 Å². The molecule has 0 saturated carbocycles. The lowest BCUT2D eigenvalue weighted by Crippen LogP contribution is -2.15. The molecule has 0 aliphatic carbocycles. The third-order valence-corrected chi connectivity index (χ3v) is 3.93. The topological polar surface area (TPSA) is 92.2 Å². The number of aromatic nitrogens is 2. The van der Waals surface area contributed by atoms with Gasteiger partial charge in [-0.3, -0.25) is 10.1 Å². The van der Waals surface area contributed by atoms with E-state index in [1.165, 1.54) is 23.5 Å². The van der Waals surface area contributed by atoms with Crippen molar-refractivity contribution in [3.05, 3.63) is 39.7 Å². The van der Waals surface area contributed by atoms with Crippen LogP contribution in [-0.4, -0.2) is 27.0 Å². The number of carbonyl (C=O) groups excluding carboxylic acids is 1. The SMILES string of the molecule is CCc1nc(NC(=O)c2ccc(C(=O)O)c(C)n2)sc1C. The molecule has 2 aromatic rings. The third kappa shape index (κ3) is 3.25. The molecule has 7 heteroatoms. The van der Waals surface area contributed by atoms with Crippen LogP contribution in [0.3, 0.4) is 0 Å². The summed E-state index contributed by atoms with van der Waals surface area (Å²) >= 11 is 1.41. The number of hydrogen-bond donors (Lipinski definition) is 2. The standard InChI is InChI=1S/C14H15N3O3S/c1-4-10-8(3)21-14(16-10)17-12(18)11-6-5-9(13(19)20)7(2)15-11/h5-6H,4H2,1-3H3,(H,19,20)(H,16,17,18). The summed E-state index contributed by atoms with van der Waals surface area (Å²) in [6.07, 6.45) is 0.808. The highest BCUT2D eigenvalue weighted by Gasteiger charge is 2.15. The van der Waals surface area contributed by atoms with Crippen molar-refractivity contribution >= 4 is 28.3 Å². The van der Waals surface area contributed by atoms with Gasteiger partial charge in [-0.25, -0.2) is 14.8 Å². The van der Waals surface area contributed by atoms with Gasteiger partial charge in [-0.05, 0) is 32.4 Å². The highest BCUT2D eigenvalue weighted by Crippen LogP contribution is 2.22. The van der Waals surface area contributed by atoms with Crippen molar-refractivity contribution in [3.8, 4) is 0 Å². The number of pyridine rings is 1. The van der Waals surface area contributed by atoms with E-state index in [-0.39, 0.29) is 11.3 Å². The van der Waals surface area contributed by atoms with Crippen molar-refractivity contribution in [3.63, 3.8) is 0 Å². The maximum Gasteiger partial charge on any atom is 0.337 e. The minimum absolute atomic E-state index is 0.0879. The molecule has 0 aliphatic rings. The fourth-order valence-electron chi connectivity index (χ4n) is 1.88. The van der Waals surface area contributed by atoms with Gasteiger partial charge in [0, 0.05) is 4.88 Å². The average molecular weight is 305 g/mol. The van der Waals surface area contributed by atoms with Gasteiger partial charge in [0.05, 0.1) is 17.0 Å². The Morgan fingerprint density at radius 1 is 1.29 bits per heavy atom. The van der Waals surface area contributed by atoms with Crippen molar-refractivity contribution in [1.29, 1.82) is 0 Å². The Hall–Kier alpha value is -2.28. The molecular formula is C14H15N3O3S. The van der Waals surface area contributed by atoms with Crippen LogP contribution in [0.25, 0.3) is 0 Å². The van der Waals surface area contributed by atoms with E-state index in [0.717, 1.165) is 17.0 Å². The normalized spacial score (nSPS) is 10.4. The lowest BCUT2D eigenvalue weighted by molar-refractivity contribution is 0.0695. The quantitative estimate of drug-likeness (QED) is 0.906. The van der Waals surface area contributed by atoms with Crippen molar-refractivity contribution in [2.24, 2.45) is 0 Å². The Bertz CT molecular complexity index is 709. The van der Waals surface area contributed by atoms with E-state index >= 15 is 0 Å². The molecular weight excluding hydrogens is 290 g/mol. The average Bonchev–Trinajstić information content (AvgIpc) is 2.78. The lowest BCUT2D eigenvalue weighted by atomic mass is 10.2. The van der Waals surface area contributed by atoms with Crippen LogP contribution in [0.1, 0.15) is 44.0 Å². The van der Waals surface area contributed by atoms with Gasteiger partial charge in [-0.2, -0.15) is 0 Å². The first-order chi connectivity index (χ1) is 9.92. The molecule has 2 aromatic heterocycles. The van der Waals surface area contributed by atoms with E-state index in [0.29, 0.717) is 10.8 Å². The first-order valence-electron chi connectivity index (χ1n) is 6.41. The van der Waals surface area contributed by atoms with Gasteiger partial charge in [0.2, 0.25) is 0 Å². The summed E-state index contributed by atoms with van der Waals surface area (Å²) in [5.41, 5.74) is 1.52. The molecule has 0 aliphatic heterocycles. The van der Waals surface area contributed by atoms with Crippen LogP contribution < -0.4 is 5.32 Å². The molecule has 0 fully saturated rings. The molecule has 0 saturated heterocycles. The Labute approximate surface area is 125 Å². The number of nitrogens with one attached hydrogen (secondary N) is 1. The van der Waals surface area contributed by atoms with Crippen molar-refractivity contribution < 1.29 is 14.7 Å². The molecule has 2 rings (SSSR count). The second-order valence-corrected chi connectivity index (χ2v) is 5.67. The lowest BCUT2D eigenvalue weighted by Gasteiger charge is -2.04. The van der Waals surface area contributed by atoms with Crippen molar-refractivity contribution in [2.45, 2.75) is 27.2 Å². The van der Waals surface area contributed by atoms with Crippen LogP contribution in [0.4, 0.5) is 5.13 Å². The third-order valence-electron chi connectivity index (χ3n) is 3.00. The zero-order chi connectivity index (χ0) is 15.6. The van der Waals surface area contributed by atoms with Crippen LogP contribution in [-0.2, 0) is 6.42 Å². The molecule has 1 amide bonds. The number of anilines is 1. The van der Waals surface area contributed by atoms with Crippen molar-refractivity contribution in [1.82, 2.24) is 9.97 Å². The Morgan fingerprint density at radius 2 is 2.00 bits per heavy atom. The maximum atomic E-state index is 12.1. The molecule has 0 unspecified atom stereocenters. The van der Waals surface area contributed by atoms with Crippen LogP contribution in [0.15, 0.2) is 12.1 Å². The van der Waals surface area contributed by atoms with Crippen LogP contribution in [0, 0.1) is 13.8 Å². The van der Waals surface area contributed by atoms with Gasteiger partial charge < -0.3 is 5.11 Å². The molecule has 6 nitrogen and oxygen atoms in total. The van der Waals surface area contributed by atoms with Crippen LogP contribution in [0.2, 0.25) is 0 Å². The zero-order valence-corrected chi connectivity index (χ0v) is 12.7. The highest BCUT2D eigenvalue weighted by atomic mass is 32.1. The van der Waals surface area contributed by atoms with Crippen LogP contribution in [0.5, 0.6) is 0 Å². The number of aromatic carboxylic acids is 1. The van der Waals surface area contributed by atoms with E-state index in [1.807, 2.05) is 13.8 Å². The number of thiazole rings is 1. The van der Waals surface area contributed by atoms with Crippen molar-refractivity contribution in [2.75, 3.05) is 5.32 Å². The number of rotatable bonds is 4. The van der Waals surface area contributed by atoms with E-state index in [1.54, 1.807) is 6.92 Å². The summed E-state index contributed by atoms with van der Waals surface area (Å²) in [6, 6.07) is 2.77. The highest BCUT2D eigenvalue weighted by molar-refractivity contribution is 7.15. The number of aryl methyl sites for hydroxylation is 3. The second kappa shape index (κ2) is 6.01. The maximum absolute atomic E-state index is 12.1. The second-order valence-electron chi connectivity index (χ2n) is 4.46. The summed E-state index contributed by atoms with van der Waals surface area (Å²) in [7, 11) is 0. The molecule has 0 atom stereocenters. The minimum atomic E-state index is -1.06. The molecule has 0 bridgehead atoms. The predicted octanol–water partition coefficient (Wildman–Crippen LogP) is 2.67. The molecule has 2 heterocycles. The zero-order valence-electron chi connectivity index (χ0n) is 11.9. The monoisotopic (exact) mass is 305 g/mol. The number of carboxylic acid groups (broad SMARTS) is 1. The Balaban J connectivity index is 2.20. The number of nitrogens with zero attached hydrogens (tertiary/aromatic N) is 2. The fourth-order valence-corrected chi connectivity index (χ4v) is 2.78. The first kappa shape index (κ1) is 15.1. The summed E-state index contributed by atoms with van der Waals surface area (Å²) in [6.45, 7) is 5.52. The Morgan fingerprint density at radius 3 is 2.52 bits per heavy atom. The van der Waals surface area contributed by atoms with Crippen LogP contribution >= 0.6 is 11.3 Å². The van der Waals surface area contributed by atoms with Gasteiger partial charge in [0.25, 0.3) is 5.91 Å². The summed E-state index contributed by atoms with van der Waals surface area (Å²) in [4.78, 5) is 32.4. The van der Waals surface area contributed by atoms with E-state index < -0.39 is 11.9 Å². The Kier molecular flexibility index (Phi) is 4.32. The molecule has 0 spiro atoms. The number of amides is 1. The van der Waals surface area contributed by atoms with Gasteiger partial charge in [-0.1, -0.05) is 6.92 Å². The number of hydrogen-bond acceptors (Lipinski definition) is 5. The number of carboxylic acids is 1. The number of carbonyl (C=O) groups is 2. The van der Waals surface area contributed by atoms with Gasteiger partial charge in [0.15, 0.2) is 5.13 Å². The van der Waals surface area contributed by atoms with Gasteiger partial charge >= 0.3 is 5.97 Å². The van der Waals surface area contributed by atoms with E-state index in [9.17, 15) is 9.59 Å². The molecule has 110 valence electrons.